The lowest BCUT2D eigenvalue weighted by atomic mass is 10.1. The lowest BCUT2D eigenvalue weighted by Crippen LogP contribution is -2.49. The highest BCUT2D eigenvalue weighted by Crippen LogP contribution is 2.16. The molecule has 20 heavy (non-hydrogen) atoms. The van der Waals surface area contributed by atoms with E-state index in [2.05, 4.69) is 25.6 Å². The molecule has 1 unspecified atom stereocenters. The van der Waals surface area contributed by atoms with E-state index < -0.39 is 10.0 Å². The Hall–Kier alpha value is -0.990. The molecular formula is C12H16BrN3O3S. The number of aromatic nitrogens is 1. The number of likely N-dealkylation sites (tertiary alicyclic amines) is 1. The van der Waals surface area contributed by atoms with Crippen LogP contribution in [0.3, 0.4) is 0 Å². The maximum Gasteiger partial charge on any atom is 0.254 e. The van der Waals surface area contributed by atoms with E-state index >= 15 is 0 Å². The number of sulfonamides is 1. The number of halogens is 1. The van der Waals surface area contributed by atoms with Gasteiger partial charge in [0.15, 0.2) is 0 Å². The summed E-state index contributed by atoms with van der Waals surface area (Å²) < 4.78 is 25.7. The topological polar surface area (TPSA) is 79.4 Å². The number of carbonyl (C=O) groups excluding carboxylic acids is 1. The molecule has 2 heterocycles. The van der Waals surface area contributed by atoms with Crippen molar-refractivity contribution in [3.8, 4) is 0 Å². The third-order valence-corrected chi connectivity index (χ3v) is 4.26. The lowest BCUT2D eigenvalue weighted by Gasteiger charge is -2.32. The standard InChI is InChI=1S/C12H16BrN3O3S/c1-20(18,19)15-10-3-2-6-16(8-10)12(17)9-4-5-14-11(13)7-9/h4-5,7,10,15H,2-3,6,8H2,1H3. The van der Waals surface area contributed by atoms with Crippen molar-refractivity contribution in [2.75, 3.05) is 19.3 Å². The van der Waals surface area contributed by atoms with E-state index in [1.807, 2.05) is 0 Å². The molecule has 0 radical (unpaired) electrons. The second-order valence-electron chi connectivity index (χ2n) is 4.85. The zero-order chi connectivity index (χ0) is 14.8. The fourth-order valence-corrected chi connectivity index (χ4v) is 3.44. The van der Waals surface area contributed by atoms with Gasteiger partial charge in [-0.15, -0.1) is 0 Å². The largest absolute Gasteiger partial charge is 0.337 e. The van der Waals surface area contributed by atoms with Crippen LogP contribution in [-0.2, 0) is 10.0 Å². The van der Waals surface area contributed by atoms with Crippen molar-refractivity contribution >= 4 is 31.9 Å². The van der Waals surface area contributed by atoms with Crippen LogP contribution in [0.25, 0.3) is 0 Å². The average molecular weight is 362 g/mol. The number of hydrogen-bond donors (Lipinski definition) is 1. The zero-order valence-corrected chi connectivity index (χ0v) is 13.4. The Labute approximate surface area is 126 Å². The average Bonchev–Trinajstić information content (AvgIpc) is 2.36. The Morgan fingerprint density at radius 2 is 2.30 bits per heavy atom. The van der Waals surface area contributed by atoms with Crippen molar-refractivity contribution in [2.45, 2.75) is 18.9 Å². The monoisotopic (exact) mass is 361 g/mol. The number of nitrogens with one attached hydrogen (secondary N) is 1. The Balaban J connectivity index is 2.07. The van der Waals surface area contributed by atoms with Gasteiger partial charge in [0.05, 0.1) is 6.26 Å². The van der Waals surface area contributed by atoms with Gasteiger partial charge in [-0.3, -0.25) is 4.79 Å². The van der Waals surface area contributed by atoms with Crippen LogP contribution in [-0.4, -0.2) is 49.6 Å². The van der Waals surface area contributed by atoms with Crippen molar-refractivity contribution in [3.05, 3.63) is 28.5 Å². The van der Waals surface area contributed by atoms with E-state index in [-0.39, 0.29) is 11.9 Å². The molecule has 1 aliphatic heterocycles. The Kier molecular flexibility index (Phi) is 4.77. The number of piperidine rings is 1. The van der Waals surface area contributed by atoms with Crippen LogP contribution in [0.5, 0.6) is 0 Å². The first kappa shape index (κ1) is 15.4. The highest BCUT2D eigenvalue weighted by molar-refractivity contribution is 9.10. The minimum atomic E-state index is -3.25. The maximum atomic E-state index is 12.4. The van der Waals surface area contributed by atoms with Gasteiger partial charge in [0, 0.05) is 30.9 Å². The predicted octanol–water partition coefficient (Wildman–Crippen LogP) is 0.998. The second-order valence-corrected chi connectivity index (χ2v) is 7.44. The number of amides is 1. The van der Waals surface area contributed by atoms with Crippen LogP contribution in [0.4, 0.5) is 0 Å². The first-order chi connectivity index (χ1) is 9.35. The minimum absolute atomic E-state index is 0.104. The number of rotatable bonds is 3. The Bertz CT molecular complexity index is 606. The molecule has 1 fully saturated rings. The molecule has 1 saturated heterocycles. The van der Waals surface area contributed by atoms with Crippen molar-refractivity contribution < 1.29 is 13.2 Å². The third kappa shape index (κ3) is 4.26. The summed E-state index contributed by atoms with van der Waals surface area (Å²) in [6, 6.07) is 3.10. The van der Waals surface area contributed by atoms with Crippen LogP contribution in [0.1, 0.15) is 23.2 Å². The van der Waals surface area contributed by atoms with Gasteiger partial charge in [-0.25, -0.2) is 18.1 Å². The van der Waals surface area contributed by atoms with Crippen LogP contribution >= 0.6 is 15.9 Å². The summed E-state index contributed by atoms with van der Waals surface area (Å²) in [4.78, 5) is 18.0. The van der Waals surface area contributed by atoms with Gasteiger partial charge in [0.1, 0.15) is 4.60 Å². The first-order valence-corrected chi connectivity index (χ1v) is 8.92. The van der Waals surface area contributed by atoms with E-state index in [4.69, 9.17) is 0 Å². The van der Waals surface area contributed by atoms with E-state index in [1.54, 1.807) is 23.2 Å². The smallest absolute Gasteiger partial charge is 0.254 e. The third-order valence-electron chi connectivity index (χ3n) is 3.06. The highest BCUT2D eigenvalue weighted by atomic mass is 79.9. The van der Waals surface area contributed by atoms with Crippen LogP contribution in [0, 0.1) is 0 Å². The van der Waals surface area contributed by atoms with Crippen molar-refractivity contribution in [1.29, 1.82) is 0 Å². The number of pyridine rings is 1. The molecule has 0 bridgehead atoms. The van der Waals surface area contributed by atoms with Gasteiger partial charge >= 0.3 is 0 Å². The van der Waals surface area contributed by atoms with Gasteiger partial charge in [-0.2, -0.15) is 0 Å². The lowest BCUT2D eigenvalue weighted by molar-refractivity contribution is 0.0703. The van der Waals surface area contributed by atoms with E-state index in [9.17, 15) is 13.2 Å². The molecule has 1 amide bonds. The van der Waals surface area contributed by atoms with Gasteiger partial charge in [0.25, 0.3) is 5.91 Å². The number of carbonyl (C=O) groups is 1. The summed E-state index contributed by atoms with van der Waals surface area (Å²) in [7, 11) is -3.25. The molecule has 6 nitrogen and oxygen atoms in total. The van der Waals surface area contributed by atoms with Crippen LogP contribution < -0.4 is 4.72 Å². The molecule has 0 saturated carbocycles. The van der Waals surface area contributed by atoms with Crippen molar-refractivity contribution in [2.24, 2.45) is 0 Å². The SMILES string of the molecule is CS(=O)(=O)NC1CCCN(C(=O)c2ccnc(Br)c2)C1. The summed E-state index contributed by atoms with van der Waals surface area (Å²) in [5.74, 6) is -0.104. The molecule has 1 atom stereocenters. The molecule has 1 aliphatic rings. The van der Waals surface area contributed by atoms with Gasteiger partial charge in [-0.05, 0) is 40.9 Å². The highest BCUT2D eigenvalue weighted by Gasteiger charge is 2.26. The van der Waals surface area contributed by atoms with E-state index in [1.165, 1.54) is 0 Å². The summed E-state index contributed by atoms with van der Waals surface area (Å²) in [5.41, 5.74) is 0.548. The van der Waals surface area contributed by atoms with Crippen LogP contribution in [0.2, 0.25) is 0 Å². The second kappa shape index (κ2) is 6.19. The van der Waals surface area contributed by atoms with Gasteiger partial charge < -0.3 is 4.90 Å². The van der Waals surface area contributed by atoms with Gasteiger partial charge in [-0.1, -0.05) is 0 Å². The summed E-state index contributed by atoms with van der Waals surface area (Å²) >= 11 is 3.23. The number of nitrogens with zero attached hydrogens (tertiary/aromatic N) is 2. The molecule has 8 heteroatoms. The quantitative estimate of drug-likeness (QED) is 0.814. The van der Waals surface area contributed by atoms with E-state index in [0.29, 0.717) is 23.3 Å². The van der Waals surface area contributed by atoms with Crippen molar-refractivity contribution in [1.82, 2.24) is 14.6 Å². The molecule has 1 aromatic heterocycles. The molecule has 1 N–H and O–H groups in total. The molecule has 110 valence electrons. The zero-order valence-electron chi connectivity index (χ0n) is 11.0. The first-order valence-electron chi connectivity index (χ1n) is 6.23. The summed E-state index contributed by atoms with van der Waals surface area (Å²) in [5, 5.41) is 0. The number of hydrogen-bond acceptors (Lipinski definition) is 4. The molecule has 0 spiro atoms. The molecule has 0 aromatic carbocycles. The summed E-state index contributed by atoms with van der Waals surface area (Å²) in [6.07, 6.45) is 4.23. The Morgan fingerprint density at radius 1 is 1.55 bits per heavy atom. The maximum absolute atomic E-state index is 12.4. The Morgan fingerprint density at radius 3 is 2.95 bits per heavy atom. The minimum Gasteiger partial charge on any atom is -0.337 e. The van der Waals surface area contributed by atoms with E-state index in [0.717, 1.165) is 19.1 Å². The fraction of sp³-hybridized carbons (Fsp3) is 0.500. The van der Waals surface area contributed by atoms with Gasteiger partial charge in [0.2, 0.25) is 10.0 Å². The normalized spacial score (nSPS) is 19.9. The molecule has 0 aliphatic carbocycles. The molecule has 2 rings (SSSR count). The van der Waals surface area contributed by atoms with Crippen molar-refractivity contribution in [3.63, 3.8) is 0 Å². The fourth-order valence-electron chi connectivity index (χ4n) is 2.28. The molecular weight excluding hydrogens is 346 g/mol. The van der Waals surface area contributed by atoms with Crippen LogP contribution in [0.15, 0.2) is 22.9 Å². The predicted molar refractivity (Wildman–Crippen MR) is 78.8 cm³/mol. The summed E-state index contributed by atoms with van der Waals surface area (Å²) in [6.45, 7) is 1.03. The molecule has 1 aromatic rings.